The number of hydrogen-bond acceptors (Lipinski definition) is 2. The number of hydrogen-bond donors (Lipinski definition) is 1. The highest BCUT2D eigenvalue weighted by atomic mass is 15.3. The molecule has 0 radical (unpaired) electrons. The number of anilines is 1. The van der Waals surface area contributed by atoms with Gasteiger partial charge in [0.15, 0.2) is 0 Å². The monoisotopic (exact) mass is 193 g/mol. The third-order valence-corrected chi connectivity index (χ3v) is 3.17. The number of aromatic nitrogens is 2. The van der Waals surface area contributed by atoms with Crippen LogP contribution in [0.3, 0.4) is 0 Å². The van der Waals surface area contributed by atoms with Crippen molar-refractivity contribution in [1.82, 2.24) is 9.78 Å². The molecule has 1 aliphatic carbocycles. The molecule has 78 valence electrons. The summed E-state index contributed by atoms with van der Waals surface area (Å²) in [6, 6.07) is 0.657. The van der Waals surface area contributed by atoms with E-state index in [0.717, 1.165) is 12.5 Å². The molecule has 0 aromatic carbocycles. The van der Waals surface area contributed by atoms with Gasteiger partial charge in [0, 0.05) is 18.8 Å². The highest BCUT2D eigenvalue weighted by Crippen LogP contribution is 2.27. The number of nitrogens with one attached hydrogen (secondary N) is 1. The molecule has 1 N–H and O–H groups in total. The van der Waals surface area contributed by atoms with Crippen LogP contribution >= 0.6 is 0 Å². The van der Waals surface area contributed by atoms with Crippen molar-refractivity contribution in [3.05, 3.63) is 12.4 Å². The zero-order valence-corrected chi connectivity index (χ0v) is 9.03. The van der Waals surface area contributed by atoms with Crippen molar-refractivity contribution in [2.75, 3.05) is 5.32 Å². The van der Waals surface area contributed by atoms with Crippen LogP contribution in [0.1, 0.15) is 33.1 Å². The maximum absolute atomic E-state index is 4.26. The van der Waals surface area contributed by atoms with Crippen molar-refractivity contribution < 1.29 is 0 Å². The molecule has 2 rings (SSSR count). The third-order valence-electron chi connectivity index (χ3n) is 3.17. The van der Waals surface area contributed by atoms with E-state index in [4.69, 9.17) is 0 Å². The second-order valence-electron chi connectivity index (χ2n) is 4.24. The van der Waals surface area contributed by atoms with Crippen molar-refractivity contribution in [2.24, 2.45) is 5.92 Å². The van der Waals surface area contributed by atoms with E-state index in [9.17, 15) is 0 Å². The molecule has 1 aromatic rings. The molecule has 1 aliphatic rings. The first-order valence-electron chi connectivity index (χ1n) is 5.58. The summed E-state index contributed by atoms with van der Waals surface area (Å²) >= 11 is 0. The third kappa shape index (κ3) is 1.91. The van der Waals surface area contributed by atoms with Crippen LogP contribution < -0.4 is 5.32 Å². The lowest BCUT2D eigenvalue weighted by molar-refractivity contribution is 0.556. The van der Waals surface area contributed by atoms with Gasteiger partial charge >= 0.3 is 0 Å². The zero-order valence-electron chi connectivity index (χ0n) is 9.03. The summed E-state index contributed by atoms with van der Waals surface area (Å²) < 4.78 is 1.96. The second kappa shape index (κ2) is 4.03. The Morgan fingerprint density at radius 1 is 1.57 bits per heavy atom. The minimum absolute atomic E-state index is 0.657. The summed E-state index contributed by atoms with van der Waals surface area (Å²) in [6.07, 6.45) is 8.04. The van der Waals surface area contributed by atoms with Crippen LogP contribution in [0.25, 0.3) is 0 Å². The van der Waals surface area contributed by atoms with Crippen molar-refractivity contribution in [3.63, 3.8) is 0 Å². The Balaban J connectivity index is 1.96. The Kier molecular flexibility index (Phi) is 2.75. The molecule has 2 atom stereocenters. The minimum Gasteiger partial charge on any atom is -0.380 e. The molecule has 0 unspecified atom stereocenters. The Morgan fingerprint density at radius 3 is 3.00 bits per heavy atom. The zero-order chi connectivity index (χ0) is 9.97. The summed E-state index contributed by atoms with van der Waals surface area (Å²) in [5.74, 6) is 0.806. The Labute approximate surface area is 85.5 Å². The fraction of sp³-hybridized carbons (Fsp3) is 0.727. The number of nitrogens with zero attached hydrogens (tertiary/aromatic N) is 2. The van der Waals surface area contributed by atoms with Crippen LogP contribution in [0.5, 0.6) is 0 Å². The molecule has 0 spiro atoms. The Hall–Kier alpha value is -0.990. The van der Waals surface area contributed by atoms with Crippen LogP contribution in [0.2, 0.25) is 0 Å². The summed E-state index contributed by atoms with van der Waals surface area (Å²) in [7, 11) is 0. The highest BCUT2D eigenvalue weighted by Gasteiger charge is 2.23. The van der Waals surface area contributed by atoms with E-state index in [1.54, 1.807) is 0 Å². The largest absolute Gasteiger partial charge is 0.380 e. The van der Waals surface area contributed by atoms with Gasteiger partial charge in [0.05, 0.1) is 11.9 Å². The van der Waals surface area contributed by atoms with Gasteiger partial charge in [-0.3, -0.25) is 4.68 Å². The van der Waals surface area contributed by atoms with Crippen LogP contribution in [0.4, 0.5) is 5.69 Å². The molecular weight excluding hydrogens is 174 g/mol. The highest BCUT2D eigenvalue weighted by molar-refractivity contribution is 5.39. The Bertz CT molecular complexity index is 292. The second-order valence-corrected chi connectivity index (χ2v) is 4.24. The van der Waals surface area contributed by atoms with Crippen LogP contribution in [0.15, 0.2) is 12.4 Å². The van der Waals surface area contributed by atoms with E-state index < -0.39 is 0 Å². The summed E-state index contributed by atoms with van der Waals surface area (Å²) in [5.41, 5.74) is 1.17. The topological polar surface area (TPSA) is 29.9 Å². The maximum atomic E-state index is 4.26. The predicted molar refractivity (Wildman–Crippen MR) is 58.3 cm³/mol. The maximum Gasteiger partial charge on any atom is 0.0728 e. The van der Waals surface area contributed by atoms with Crippen molar-refractivity contribution in [2.45, 2.75) is 45.7 Å². The van der Waals surface area contributed by atoms with Gasteiger partial charge < -0.3 is 5.32 Å². The lowest BCUT2D eigenvalue weighted by Crippen LogP contribution is -2.21. The molecule has 0 aliphatic heterocycles. The van der Waals surface area contributed by atoms with Crippen LogP contribution in [0, 0.1) is 5.92 Å². The molecular formula is C11H19N3. The van der Waals surface area contributed by atoms with Gasteiger partial charge in [0.2, 0.25) is 0 Å². The lowest BCUT2D eigenvalue weighted by atomic mass is 10.1. The van der Waals surface area contributed by atoms with E-state index in [-0.39, 0.29) is 0 Å². The van der Waals surface area contributed by atoms with Crippen molar-refractivity contribution in [3.8, 4) is 0 Å². The summed E-state index contributed by atoms with van der Waals surface area (Å²) in [6.45, 7) is 5.38. The van der Waals surface area contributed by atoms with Gasteiger partial charge in [-0.05, 0) is 25.7 Å². The van der Waals surface area contributed by atoms with E-state index in [1.807, 2.05) is 10.9 Å². The van der Waals surface area contributed by atoms with Gasteiger partial charge in [-0.15, -0.1) is 0 Å². The fourth-order valence-electron chi connectivity index (χ4n) is 2.18. The molecule has 1 saturated carbocycles. The van der Waals surface area contributed by atoms with Gasteiger partial charge in [-0.2, -0.15) is 5.10 Å². The van der Waals surface area contributed by atoms with Crippen molar-refractivity contribution >= 4 is 5.69 Å². The number of aryl methyl sites for hydroxylation is 1. The first kappa shape index (κ1) is 9.56. The number of rotatable bonds is 3. The molecule has 1 fully saturated rings. The molecule has 1 aromatic heterocycles. The molecule has 1 heterocycles. The summed E-state index contributed by atoms with van der Waals surface area (Å²) in [4.78, 5) is 0. The molecule has 0 amide bonds. The average molecular weight is 193 g/mol. The lowest BCUT2D eigenvalue weighted by Gasteiger charge is -2.16. The quantitative estimate of drug-likeness (QED) is 0.799. The SMILES string of the molecule is CCn1cc(N[C@H]2CCC[C@@H]2C)cn1. The van der Waals surface area contributed by atoms with Crippen molar-refractivity contribution in [1.29, 1.82) is 0 Å². The molecule has 3 nitrogen and oxygen atoms in total. The smallest absolute Gasteiger partial charge is 0.0728 e. The molecule has 0 saturated heterocycles. The van der Waals surface area contributed by atoms with Gasteiger partial charge in [-0.1, -0.05) is 13.3 Å². The molecule has 3 heteroatoms. The van der Waals surface area contributed by atoms with Gasteiger partial charge in [0.1, 0.15) is 0 Å². The van der Waals surface area contributed by atoms with E-state index in [1.165, 1.54) is 24.9 Å². The van der Waals surface area contributed by atoms with E-state index in [2.05, 4.69) is 30.5 Å². The molecule has 0 bridgehead atoms. The first-order chi connectivity index (χ1) is 6.79. The predicted octanol–water partition coefficient (Wildman–Crippen LogP) is 2.50. The van der Waals surface area contributed by atoms with E-state index in [0.29, 0.717) is 6.04 Å². The van der Waals surface area contributed by atoms with E-state index >= 15 is 0 Å². The van der Waals surface area contributed by atoms with Crippen LogP contribution in [-0.2, 0) is 6.54 Å². The van der Waals surface area contributed by atoms with Crippen LogP contribution in [-0.4, -0.2) is 15.8 Å². The normalized spacial score (nSPS) is 26.7. The van der Waals surface area contributed by atoms with Gasteiger partial charge in [-0.25, -0.2) is 0 Å². The average Bonchev–Trinajstić information content (AvgIpc) is 2.77. The molecule has 14 heavy (non-hydrogen) atoms. The van der Waals surface area contributed by atoms with Gasteiger partial charge in [0.25, 0.3) is 0 Å². The summed E-state index contributed by atoms with van der Waals surface area (Å²) in [5, 5.41) is 7.82. The fourth-order valence-corrected chi connectivity index (χ4v) is 2.18. The standard InChI is InChI=1S/C11H19N3/c1-3-14-8-10(7-12-14)13-11-6-4-5-9(11)2/h7-9,11,13H,3-6H2,1-2H3/t9-,11-/m0/s1. The Morgan fingerprint density at radius 2 is 2.43 bits per heavy atom. The minimum atomic E-state index is 0.657. The first-order valence-corrected chi connectivity index (χ1v) is 5.58.